The van der Waals surface area contributed by atoms with Crippen LogP contribution in [-0.4, -0.2) is 40.2 Å². The van der Waals surface area contributed by atoms with Crippen LogP contribution in [-0.2, 0) is 0 Å². The maximum absolute atomic E-state index is 10.0. The highest BCUT2D eigenvalue weighted by molar-refractivity contribution is 5.16. The lowest BCUT2D eigenvalue weighted by molar-refractivity contribution is 0.00533. The summed E-state index contributed by atoms with van der Waals surface area (Å²) in [5, 5.41) is 10.0. The largest absolute Gasteiger partial charge is 0.392 e. The van der Waals surface area contributed by atoms with Crippen LogP contribution in [0.1, 0.15) is 31.9 Å². The van der Waals surface area contributed by atoms with E-state index >= 15 is 0 Å². The number of aliphatic hydroxyl groups excluding tert-OH is 1. The van der Waals surface area contributed by atoms with Crippen molar-refractivity contribution in [3.05, 3.63) is 30.1 Å². The van der Waals surface area contributed by atoms with Crippen LogP contribution in [0.25, 0.3) is 0 Å². The molecule has 2 heterocycles. The molecule has 0 radical (unpaired) electrons. The molecule has 0 aliphatic carbocycles. The molecular weight excluding hydrogens is 226 g/mol. The van der Waals surface area contributed by atoms with Crippen LogP contribution < -0.4 is 5.73 Å². The summed E-state index contributed by atoms with van der Waals surface area (Å²) >= 11 is 0. The number of likely N-dealkylation sites (tertiary alicyclic amines) is 1. The minimum atomic E-state index is -0.253. The first-order valence-corrected chi connectivity index (χ1v) is 6.67. The van der Waals surface area contributed by atoms with Crippen molar-refractivity contribution in [3.63, 3.8) is 0 Å². The maximum Gasteiger partial charge on any atom is 0.0693 e. The summed E-state index contributed by atoms with van der Waals surface area (Å²) in [7, 11) is 0. The van der Waals surface area contributed by atoms with Gasteiger partial charge in [-0.25, -0.2) is 0 Å². The standard InChI is InChI=1S/C14H23N3O/c1-10-5-7-17(9-13(10)18)14(11(2)15)12-4-3-6-16-8-12/h3-4,6,8,10-11,13-14,18H,5,7,9,15H2,1-2H3. The van der Waals surface area contributed by atoms with E-state index in [2.05, 4.69) is 22.9 Å². The fraction of sp³-hybridized carbons (Fsp3) is 0.643. The van der Waals surface area contributed by atoms with Gasteiger partial charge in [0, 0.05) is 25.0 Å². The summed E-state index contributed by atoms with van der Waals surface area (Å²) in [6.45, 7) is 5.80. The van der Waals surface area contributed by atoms with Crippen LogP contribution in [0.3, 0.4) is 0 Å². The van der Waals surface area contributed by atoms with Gasteiger partial charge in [-0.3, -0.25) is 9.88 Å². The van der Waals surface area contributed by atoms with Crippen molar-refractivity contribution in [2.45, 2.75) is 38.5 Å². The average Bonchev–Trinajstić information content (AvgIpc) is 2.35. The molecule has 0 amide bonds. The lowest BCUT2D eigenvalue weighted by Crippen LogP contribution is -2.48. The second kappa shape index (κ2) is 5.78. The lowest BCUT2D eigenvalue weighted by atomic mass is 9.92. The third-order valence-electron chi connectivity index (χ3n) is 3.87. The first kappa shape index (κ1) is 13.5. The lowest BCUT2D eigenvalue weighted by Gasteiger charge is -2.41. The van der Waals surface area contributed by atoms with Gasteiger partial charge in [-0.05, 0) is 37.4 Å². The van der Waals surface area contributed by atoms with E-state index < -0.39 is 0 Å². The fourth-order valence-electron chi connectivity index (χ4n) is 2.72. The van der Waals surface area contributed by atoms with E-state index in [0.29, 0.717) is 12.5 Å². The Balaban J connectivity index is 2.16. The zero-order valence-corrected chi connectivity index (χ0v) is 11.2. The first-order valence-electron chi connectivity index (χ1n) is 6.67. The van der Waals surface area contributed by atoms with Crippen molar-refractivity contribution < 1.29 is 5.11 Å². The monoisotopic (exact) mass is 249 g/mol. The molecule has 100 valence electrons. The van der Waals surface area contributed by atoms with Crippen LogP contribution in [0, 0.1) is 5.92 Å². The molecule has 0 saturated carbocycles. The predicted octanol–water partition coefficient (Wildman–Crippen LogP) is 1.17. The van der Waals surface area contributed by atoms with Crippen LogP contribution in [0.15, 0.2) is 24.5 Å². The number of aromatic nitrogens is 1. The van der Waals surface area contributed by atoms with E-state index in [0.717, 1.165) is 18.5 Å². The van der Waals surface area contributed by atoms with Gasteiger partial charge in [0.25, 0.3) is 0 Å². The van der Waals surface area contributed by atoms with Crippen LogP contribution in [0.5, 0.6) is 0 Å². The van der Waals surface area contributed by atoms with Gasteiger partial charge < -0.3 is 10.8 Å². The maximum atomic E-state index is 10.0. The Morgan fingerprint density at radius 1 is 1.56 bits per heavy atom. The van der Waals surface area contributed by atoms with Crippen LogP contribution in [0.2, 0.25) is 0 Å². The molecule has 0 bridgehead atoms. The first-order chi connectivity index (χ1) is 8.59. The summed E-state index contributed by atoms with van der Waals surface area (Å²) in [6, 6.07) is 4.16. The van der Waals surface area contributed by atoms with Crippen molar-refractivity contribution in [2.24, 2.45) is 11.7 Å². The van der Waals surface area contributed by atoms with Crippen molar-refractivity contribution >= 4 is 0 Å². The van der Waals surface area contributed by atoms with Gasteiger partial charge in [0.2, 0.25) is 0 Å². The van der Waals surface area contributed by atoms with Gasteiger partial charge in [0.05, 0.1) is 12.1 Å². The van der Waals surface area contributed by atoms with Gasteiger partial charge in [0.15, 0.2) is 0 Å². The number of hydrogen-bond donors (Lipinski definition) is 2. The van der Waals surface area contributed by atoms with Crippen molar-refractivity contribution in [2.75, 3.05) is 13.1 Å². The Bertz CT molecular complexity index is 369. The molecule has 4 atom stereocenters. The molecule has 4 nitrogen and oxygen atoms in total. The fourth-order valence-corrected chi connectivity index (χ4v) is 2.72. The summed E-state index contributed by atoms with van der Waals surface area (Å²) in [5.41, 5.74) is 7.26. The molecule has 4 unspecified atom stereocenters. The molecule has 3 N–H and O–H groups in total. The van der Waals surface area contributed by atoms with E-state index in [1.807, 2.05) is 19.2 Å². The highest BCUT2D eigenvalue weighted by atomic mass is 16.3. The third-order valence-corrected chi connectivity index (χ3v) is 3.87. The van der Waals surface area contributed by atoms with E-state index in [1.54, 1.807) is 6.20 Å². The number of nitrogens with zero attached hydrogens (tertiary/aromatic N) is 2. The van der Waals surface area contributed by atoms with E-state index in [9.17, 15) is 5.11 Å². The molecule has 1 aromatic heterocycles. The van der Waals surface area contributed by atoms with Crippen molar-refractivity contribution in [1.29, 1.82) is 0 Å². The highest BCUT2D eigenvalue weighted by Gasteiger charge is 2.31. The third kappa shape index (κ3) is 2.88. The number of hydrogen-bond acceptors (Lipinski definition) is 4. The van der Waals surface area contributed by atoms with Crippen LogP contribution in [0.4, 0.5) is 0 Å². The average molecular weight is 249 g/mol. The Kier molecular flexibility index (Phi) is 4.32. The zero-order chi connectivity index (χ0) is 13.1. The molecule has 1 saturated heterocycles. The summed E-state index contributed by atoms with van der Waals surface area (Å²) < 4.78 is 0. The van der Waals surface area contributed by atoms with E-state index in [4.69, 9.17) is 5.73 Å². The number of rotatable bonds is 3. The molecule has 1 fully saturated rings. The molecular formula is C14H23N3O. The number of aliphatic hydroxyl groups is 1. The van der Waals surface area contributed by atoms with Crippen molar-refractivity contribution in [1.82, 2.24) is 9.88 Å². The number of β-amino-alcohol motifs (C(OH)–C–C–N with tert-alkyl or cyclic N) is 1. The zero-order valence-electron chi connectivity index (χ0n) is 11.2. The van der Waals surface area contributed by atoms with Gasteiger partial charge >= 0.3 is 0 Å². The van der Waals surface area contributed by atoms with Crippen LogP contribution >= 0.6 is 0 Å². The molecule has 18 heavy (non-hydrogen) atoms. The summed E-state index contributed by atoms with van der Waals surface area (Å²) in [6.07, 6.45) is 4.41. The van der Waals surface area contributed by atoms with Crippen molar-refractivity contribution in [3.8, 4) is 0 Å². The molecule has 0 aromatic carbocycles. The molecule has 1 aliphatic rings. The molecule has 0 spiro atoms. The normalized spacial score (nSPS) is 28.9. The Labute approximate surface area is 109 Å². The Hall–Kier alpha value is -0.970. The van der Waals surface area contributed by atoms with Gasteiger partial charge in [-0.1, -0.05) is 13.0 Å². The van der Waals surface area contributed by atoms with E-state index in [1.165, 1.54) is 0 Å². The molecule has 2 rings (SSSR count). The minimum Gasteiger partial charge on any atom is -0.392 e. The van der Waals surface area contributed by atoms with Gasteiger partial charge in [-0.2, -0.15) is 0 Å². The summed E-state index contributed by atoms with van der Waals surface area (Å²) in [5.74, 6) is 0.379. The number of piperidine rings is 1. The SMILES string of the molecule is CC(N)C(c1cccnc1)N1CCC(C)C(O)C1. The van der Waals surface area contributed by atoms with Gasteiger partial charge in [0.1, 0.15) is 0 Å². The smallest absolute Gasteiger partial charge is 0.0693 e. The number of pyridine rings is 1. The number of nitrogens with two attached hydrogens (primary N) is 1. The second-order valence-corrected chi connectivity index (χ2v) is 5.42. The molecule has 1 aliphatic heterocycles. The minimum absolute atomic E-state index is 0.0230. The second-order valence-electron chi connectivity index (χ2n) is 5.42. The predicted molar refractivity (Wildman–Crippen MR) is 72.0 cm³/mol. The van der Waals surface area contributed by atoms with Gasteiger partial charge in [-0.15, -0.1) is 0 Å². The highest BCUT2D eigenvalue weighted by Crippen LogP contribution is 2.28. The topological polar surface area (TPSA) is 62.4 Å². The Morgan fingerprint density at radius 2 is 2.33 bits per heavy atom. The summed E-state index contributed by atoms with van der Waals surface area (Å²) in [4.78, 5) is 6.46. The van der Waals surface area contributed by atoms with E-state index in [-0.39, 0.29) is 18.2 Å². The molecule has 4 heteroatoms. The molecule has 1 aromatic rings. The Morgan fingerprint density at radius 3 is 2.89 bits per heavy atom. The quantitative estimate of drug-likeness (QED) is 0.844.